The first-order valence-electron chi connectivity index (χ1n) is 8.49. The summed E-state index contributed by atoms with van der Waals surface area (Å²) in [6.45, 7) is 6.81. The number of halogens is 1. The van der Waals surface area contributed by atoms with Crippen LogP contribution >= 0.6 is 11.6 Å². The molecular formula is C17H24ClN3O5S. The number of ether oxygens (including phenoxy) is 1. The van der Waals surface area contributed by atoms with Gasteiger partial charge in [-0.3, -0.25) is 4.79 Å². The largest absolute Gasteiger partial charge is 0.452 e. The smallest absolute Gasteiger partial charge is 0.331 e. The molecule has 1 aromatic rings. The molecule has 1 amide bonds. The Bertz CT molecular complexity index is 868. The summed E-state index contributed by atoms with van der Waals surface area (Å²) < 4.78 is 29.7. The summed E-state index contributed by atoms with van der Waals surface area (Å²) in [6, 6.07) is -0.309. The van der Waals surface area contributed by atoms with Crippen molar-refractivity contribution in [1.29, 1.82) is 0 Å². The van der Waals surface area contributed by atoms with E-state index in [4.69, 9.17) is 16.3 Å². The molecule has 1 saturated heterocycles. The highest BCUT2D eigenvalue weighted by Crippen LogP contribution is 2.30. The van der Waals surface area contributed by atoms with Crippen molar-refractivity contribution < 1.29 is 22.7 Å². The molecule has 2 rings (SSSR count). The minimum atomic E-state index is -3.07. The Morgan fingerprint density at radius 1 is 1.41 bits per heavy atom. The summed E-state index contributed by atoms with van der Waals surface area (Å²) in [5.74, 6) is -0.970. The number of hydrogen-bond acceptors (Lipinski definition) is 6. The lowest BCUT2D eigenvalue weighted by molar-refractivity contribution is -0.144. The first-order chi connectivity index (χ1) is 12.4. The second-order valence-corrected chi connectivity index (χ2v) is 10.1. The number of aryl methyl sites for hydroxylation is 1. The van der Waals surface area contributed by atoms with Gasteiger partial charge in [-0.2, -0.15) is 5.10 Å². The number of nitrogens with one attached hydrogen (secondary N) is 1. The predicted molar refractivity (Wildman–Crippen MR) is 102 cm³/mol. The second-order valence-electron chi connectivity index (χ2n) is 7.53. The van der Waals surface area contributed by atoms with Gasteiger partial charge in [0.25, 0.3) is 5.91 Å². The fraction of sp³-hybridized carbons (Fsp3) is 0.588. The Labute approximate surface area is 163 Å². The highest BCUT2D eigenvalue weighted by Gasteiger charge is 2.31. The van der Waals surface area contributed by atoms with Crippen LogP contribution in [0.3, 0.4) is 0 Å². The number of sulfone groups is 1. The van der Waals surface area contributed by atoms with Crippen molar-refractivity contribution in [2.45, 2.75) is 45.7 Å². The molecule has 0 unspecified atom stereocenters. The first-order valence-corrected chi connectivity index (χ1v) is 10.7. The standard InChI is InChI=1S/C17H24ClN3O5S/c1-11-13(5-6-15(23)26-9-14(22)19-17(2,3)4)16(18)21(20-11)12-7-8-27(24,25)10-12/h5-6,12H,7-10H2,1-4H3,(H,19,22)/b6-5+/t12-/m0/s1. The average Bonchev–Trinajstić information content (AvgIpc) is 3.01. The fourth-order valence-corrected chi connectivity index (χ4v) is 4.79. The van der Waals surface area contributed by atoms with Crippen LogP contribution in [-0.2, 0) is 24.2 Å². The number of carbonyl (C=O) groups is 2. The monoisotopic (exact) mass is 417 g/mol. The molecule has 0 aliphatic carbocycles. The predicted octanol–water partition coefficient (Wildman–Crippen LogP) is 1.68. The number of amides is 1. The van der Waals surface area contributed by atoms with E-state index in [1.165, 1.54) is 10.8 Å². The van der Waals surface area contributed by atoms with Crippen LogP contribution in [0.2, 0.25) is 5.15 Å². The van der Waals surface area contributed by atoms with E-state index in [0.29, 0.717) is 17.7 Å². The van der Waals surface area contributed by atoms with Crippen molar-refractivity contribution in [3.8, 4) is 0 Å². The maximum Gasteiger partial charge on any atom is 0.331 e. The van der Waals surface area contributed by atoms with Crippen molar-refractivity contribution in [3.63, 3.8) is 0 Å². The molecule has 27 heavy (non-hydrogen) atoms. The van der Waals surface area contributed by atoms with Gasteiger partial charge in [-0.15, -0.1) is 0 Å². The molecule has 1 fully saturated rings. The van der Waals surface area contributed by atoms with Crippen LogP contribution in [0.4, 0.5) is 0 Å². The zero-order valence-electron chi connectivity index (χ0n) is 15.8. The number of aromatic nitrogens is 2. The summed E-state index contributed by atoms with van der Waals surface area (Å²) in [4.78, 5) is 23.5. The molecule has 0 spiro atoms. The molecule has 0 aromatic carbocycles. The van der Waals surface area contributed by atoms with E-state index < -0.39 is 27.3 Å². The van der Waals surface area contributed by atoms with Gasteiger partial charge in [0.1, 0.15) is 5.15 Å². The molecule has 2 heterocycles. The van der Waals surface area contributed by atoms with E-state index in [-0.39, 0.29) is 29.3 Å². The number of rotatable bonds is 5. The third-order valence-electron chi connectivity index (χ3n) is 3.87. The third-order valence-corrected chi connectivity index (χ3v) is 6.00. The summed E-state index contributed by atoms with van der Waals surface area (Å²) >= 11 is 6.32. The van der Waals surface area contributed by atoms with E-state index in [1.807, 2.05) is 20.8 Å². The van der Waals surface area contributed by atoms with Gasteiger partial charge in [-0.05, 0) is 40.2 Å². The molecule has 0 radical (unpaired) electrons. The summed E-state index contributed by atoms with van der Waals surface area (Å²) in [6.07, 6.45) is 3.07. The minimum Gasteiger partial charge on any atom is -0.452 e. The topological polar surface area (TPSA) is 107 Å². The van der Waals surface area contributed by atoms with Gasteiger partial charge in [-0.1, -0.05) is 11.6 Å². The van der Waals surface area contributed by atoms with Gasteiger partial charge in [0, 0.05) is 17.2 Å². The Morgan fingerprint density at radius 2 is 2.07 bits per heavy atom. The van der Waals surface area contributed by atoms with Crippen molar-refractivity contribution in [2.75, 3.05) is 18.1 Å². The van der Waals surface area contributed by atoms with E-state index in [9.17, 15) is 18.0 Å². The first kappa shape index (κ1) is 21.4. The lowest BCUT2D eigenvalue weighted by Gasteiger charge is -2.20. The highest BCUT2D eigenvalue weighted by atomic mass is 35.5. The molecule has 0 saturated carbocycles. The van der Waals surface area contributed by atoms with Crippen LogP contribution < -0.4 is 5.32 Å². The van der Waals surface area contributed by atoms with Crippen molar-refractivity contribution in [3.05, 3.63) is 22.5 Å². The summed E-state index contributed by atoms with van der Waals surface area (Å²) in [5.41, 5.74) is 0.669. The molecule has 10 heteroatoms. The lowest BCUT2D eigenvalue weighted by Crippen LogP contribution is -2.42. The number of esters is 1. The van der Waals surface area contributed by atoms with Gasteiger partial charge < -0.3 is 10.1 Å². The van der Waals surface area contributed by atoms with Gasteiger partial charge in [0.15, 0.2) is 16.4 Å². The van der Waals surface area contributed by atoms with Crippen LogP contribution in [0, 0.1) is 6.92 Å². The van der Waals surface area contributed by atoms with E-state index >= 15 is 0 Å². The van der Waals surface area contributed by atoms with Gasteiger partial charge in [-0.25, -0.2) is 17.9 Å². The zero-order chi connectivity index (χ0) is 20.4. The average molecular weight is 418 g/mol. The van der Waals surface area contributed by atoms with Gasteiger partial charge >= 0.3 is 5.97 Å². The molecule has 1 aliphatic heterocycles. The van der Waals surface area contributed by atoms with Crippen LogP contribution in [0.15, 0.2) is 6.08 Å². The number of hydrogen-bond donors (Lipinski definition) is 1. The van der Waals surface area contributed by atoms with Crippen LogP contribution in [0.5, 0.6) is 0 Å². The molecular weight excluding hydrogens is 394 g/mol. The molecule has 8 nitrogen and oxygen atoms in total. The molecule has 1 aliphatic rings. The van der Waals surface area contributed by atoms with E-state index in [0.717, 1.165) is 6.08 Å². The highest BCUT2D eigenvalue weighted by molar-refractivity contribution is 7.91. The van der Waals surface area contributed by atoms with Crippen molar-refractivity contribution in [1.82, 2.24) is 15.1 Å². The summed E-state index contributed by atoms with van der Waals surface area (Å²) in [5, 5.41) is 7.25. The lowest BCUT2D eigenvalue weighted by atomic mass is 10.1. The van der Waals surface area contributed by atoms with Crippen molar-refractivity contribution >= 4 is 39.4 Å². The van der Waals surface area contributed by atoms with E-state index in [1.54, 1.807) is 6.92 Å². The molecule has 1 N–H and O–H groups in total. The number of nitrogens with zero attached hydrogens (tertiary/aromatic N) is 2. The van der Waals surface area contributed by atoms with Crippen LogP contribution in [0.25, 0.3) is 6.08 Å². The SMILES string of the molecule is Cc1nn([C@H]2CCS(=O)(=O)C2)c(Cl)c1/C=C/C(=O)OCC(=O)NC(C)(C)C. The third kappa shape index (κ3) is 6.07. The normalized spacial score (nSPS) is 19.4. The summed E-state index contributed by atoms with van der Waals surface area (Å²) in [7, 11) is -3.07. The van der Waals surface area contributed by atoms with Crippen LogP contribution in [0.1, 0.15) is 44.5 Å². The minimum absolute atomic E-state index is 0.00191. The number of carbonyl (C=O) groups excluding carboxylic acids is 2. The van der Waals surface area contributed by atoms with Gasteiger partial charge in [0.05, 0.1) is 23.2 Å². The Kier molecular flexibility index (Phi) is 6.36. The Balaban J connectivity index is 2.01. The molecule has 150 valence electrons. The molecule has 1 atom stereocenters. The quantitative estimate of drug-likeness (QED) is 0.576. The Hall–Kier alpha value is -1.87. The van der Waals surface area contributed by atoms with E-state index in [2.05, 4.69) is 10.4 Å². The Morgan fingerprint density at radius 3 is 2.63 bits per heavy atom. The van der Waals surface area contributed by atoms with Crippen molar-refractivity contribution in [2.24, 2.45) is 0 Å². The maximum absolute atomic E-state index is 11.8. The second kappa shape index (κ2) is 8.02. The maximum atomic E-state index is 11.8. The van der Waals surface area contributed by atoms with Crippen LogP contribution in [-0.4, -0.2) is 53.7 Å². The fourth-order valence-electron chi connectivity index (χ4n) is 2.72. The van der Waals surface area contributed by atoms with Gasteiger partial charge in [0.2, 0.25) is 0 Å². The zero-order valence-corrected chi connectivity index (χ0v) is 17.4. The molecule has 1 aromatic heterocycles. The molecule has 0 bridgehead atoms.